The molecule has 0 N–H and O–H groups in total. The van der Waals surface area contributed by atoms with E-state index < -0.39 is 9.84 Å². The Bertz CT molecular complexity index is 318. The van der Waals surface area contributed by atoms with Gasteiger partial charge in [-0.25, -0.2) is 8.42 Å². The number of pyridine rings is 1. The van der Waals surface area contributed by atoms with E-state index in [1.54, 1.807) is 24.4 Å². The Hall–Kier alpha value is -0.900. The van der Waals surface area contributed by atoms with Crippen molar-refractivity contribution in [1.82, 2.24) is 4.98 Å². The Morgan fingerprint density at radius 1 is 1.45 bits per heavy atom. The zero-order valence-corrected chi connectivity index (χ0v) is 7.00. The second-order valence-corrected chi connectivity index (χ2v) is 4.53. The fourth-order valence-corrected chi connectivity index (χ4v) is 1.46. The molecule has 0 unspecified atom stereocenters. The highest BCUT2D eigenvalue weighted by molar-refractivity contribution is 7.89. The van der Waals surface area contributed by atoms with Crippen molar-refractivity contribution in [3.8, 4) is 0 Å². The monoisotopic (exact) mass is 171 g/mol. The molecule has 1 aromatic rings. The summed E-state index contributed by atoms with van der Waals surface area (Å²) in [6.07, 6.45) is 2.78. The van der Waals surface area contributed by atoms with Gasteiger partial charge in [-0.1, -0.05) is 6.07 Å². The molecule has 1 heterocycles. The highest BCUT2D eigenvalue weighted by Gasteiger charge is 2.03. The molecule has 0 bridgehead atoms. The van der Waals surface area contributed by atoms with Crippen LogP contribution in [-0.4, -0.2) is 19.7 Å². The lowest BCUT2D eigenvalue weighted by Crippen LogP contribution is -2.01. The maximum absolute atomic E-state index is 10.8. The number of nitrogens with zero attached hydrogens (tertiary/aromatic N) is 1. The van der Waals surface area contributed by atoms with E-state index >= 15 is 0 Å². The number of hydrogen-bond donors (Lipinski definition) is 0. The Morgan fingerprint density at radius 3 is 2.64 bits per heavy atom. The van der Waals surface area contributed by atoms with E-state index in [-0.39, 0.29) is 5.75 Å². The van der Waals surface area contributed by atoms with Crippen LogP contribution in [0.1, 0.15) is 5.69 Å². The normalized spacial score (nSPS) is 11.4. The predicted octanol–water partition coefficient (Wildman–Crippen LogP) is 0.626. The molecule has 0 saturated heterocycles. The lowest BCUT2D eigenvalue weighted by molar-refractivity contribution is 0.600. The highest BCUT2D eigenvalue weighted by Crippen LogP contribution is 1.98. The third-order valence-corrected chi connectivity index (χ3v) is 1.96. The fourth-order valence-electron chi connectivity index (χ4n) is 0.752. The first-order valence-corrected chi connectivity index (χ1v) is 5.21. The van der Waals surface area contributed by atoms with Crippen LogP contribution in [-0.2, 0) is 15.6 Å². The average molecular weight is 171 g/mol. The van der Waals surface area contributed by atoms with Crippen molar-refractivity contribution in [2.45, 2.75) is 5.75 Å². The van der Waals surface area contributed by atoms with Crippen LogP contribution in [0.4, 0.5) is 0 Å². The number of sulfone groups is 1. The van der Waals surface area contributed by atoms with Crippen LogP contribution in [0.5, 0.6) is 0 Å². The van der Waals surface area contributed by atoms with Gasteiger partial charge in [0.25, 0.3) is 0 Å². The van der Waals surface area contributed by atoms with Crippen LogP contribution in [0.25, 0.3) is 0 Å². The van der Waals surface area contributed by atoms with Crippen molar-refractivity contribution < 1.29 is 8.42 Å². The summed E-state index contributed by atoms with van der Waals surface area (Å²) < 4.78 is 21.5. The molecule has 1 aromatic heterocycles. The second-order valence-electron chi connectivity index (χ2n) is 2.39. The highest BCUT2D eigenvalue weighted by atomic mass is 32.2. The van der Waals surface area contributed by atoms with E-state index in [0.717, 1.165) is 0 Å². The summed E-state index contributed by atoms with van der Waals surface area (Å²) in [5, 5.41) is 0. The van der Waals surface area contributed by atoms with Crippen LogP contribution in [0.3, 0.4) is 0 Å². The van der Waals surface area contributed by atoms with E-state index in [9.17, 15) is 8.42 Å². The Labute approximate surface area is 66.0 Å². The number of aromatic nitrogens is 1. The first-order valence-electron chi connectivity index (χ1n) is 3.15. The summed E-state index contributed by atoms with van der Waals surface area (Å²) in [5.41, 5.74) is 0.593. The van der Waals surface area contributed by atoms with Gasteiger partial charge in [0.05, 0.1) is 11.4 Å². The molecule has 3 nitrogen and oxygen atoms in total. The van der Waals surface area contributed by atoms with Crippen molar-refractivity contribution in [2.24, 2.45) is 0 Å². The van der Waals surface area contributed by atoms with Gasteiger partial charge < -0.3 is 0 Å². The van der Waals surface area contributed by atoms with E-state index in [2.05, 4.69) is 4.98 Å². The van der Waals surface area contributed by atoms with Gasteiger partial charge >= 0.3 is 0 Å². The lowest BCUT2D eigenvalue weighted by atomic mass is 10.4. The summed E-state index contributed by atoms with van der Waals surface area (Å²) in [4.78, 5) is 3.88. The summed E-state index contributed by atoms with van der Waals surface area (Å²) in [6, 6.07) is 5.22. The summed E-state index contributed by atoms with van der Waals surface area (Å²) in [6.45, 7) is 0. The number of rotatable bonds is 2. The third kappa shape index (κ3) is 3.13. The summed E-state index contributed by atoms with van der Waals surface area (Å²) >= 11 is 0. The average Bonchev–Trinajstić information content (AvgIpc) is 1.85. The maximum Gasteiger partial charge on any atom is 0.153 e. The van der Waals surface area contributed by atoms with Gasteiger partial charge in [-0.05, 0) is 12.1 Å². The van der Waals surface area contributed by atoms with Gasteiger partial charge in [0.1, 0.15) is 0 Å². The molecule has 0 radical (unpaired) electrons. The minimum atomic E-state index is -2.94. The molecule has 0 aliphatic rings. The fraction of sp³-hybridized carbons (Fsp3) is 0.286. The second kappa shape index (κ2) is 3.00. The summed E-state index contributed by atoms with van der Waals surface area (Å²) in [5.74, 6) is 0.0217. The SMILES string of the molecule is CS(=O)(=O)Cc1ccccn1. The maximum atomic E-state index is 10.8. The lowest BCUT2D eigenvalue weighted by Gasteiger charge is -1.95. The van der Waals surface area contributed by atoms with Gasteiger partial charge in [0.15, 0.2) is 9.84 Å². The largest absolute Gasteiger partial charge is 0.260 e. The molecular weight excluding hydrogens is 162 g/mol. The molecule has 1 rings (SSSR count). The zero-order chi connectivity index (χ0) is 8.32. The molecule has 0 amide bonds. The molecular formula is C7H9NO2S. The van der Waals surface area contributed by atoms with Gasteiger partial charge in [-0.3, -0.25) is 4.98 Å². The zero-order valence-electron chi connectivity index (χ0n) is 6.19. The standard InChI is InChI=1S/C7H9NO2S/c1-11(9,10)6-7-4-2-3-5-8-7/h2-5H,6H2,1H3. The Balaban J connectivity index is 2.82. The first kappa shape index (κ1) is 8.20. The predicted molar refractivity (Wildman–Crippen MR) is 42.8 cm³/mol. The Kier molecular flexibility index (Phi) is 2.24. The van der Waals surface area contributed by atoms with E-state index in [1.807, 2.05) is 0 Å². The van der Waals surface area contributed by atoms with Crippen molar-refractivity contribution in [3.05, 3.63) is 30.1 Å². The van der Waals surface area contributed by atoms with E-state index in [4.69, 9.17) is 0 Å². The molecule has 0 atom stereocenters. The molecule has 0 aliphatic heterocycles. The molecule has 4 heteroatoms. The topological polar surface area (TPSA) is 47.0 Å². The van der Waals surface area contributed by atoms with Crippen LogP contribution in [0.2, 0.25) is 0 Å². The molecule has 60 valence electrons. The van der Waals surface area contributed by atoms with Crippen molar-refractivity contribution in [1.29, 1.82) is 0 Å². The number of hydrogen-bond acceptors (Lipinski definition) is 3. The first-order chi connectivity index (χ1) is 5.08. The molecule has 0 aliphatic carbocycles. The molecule has 0 saturated carbocycles. The van der Waals surface area contributed by atoms with Crippen LogP contribution in [0, 0.1) is 0 Å². The van der Waals surface area contributed by atoms with Crippen molar-refractivity contribution >= 4 is 9.84 Å². The third-order valence-electron chi connectivity index (χ3n) is 1.14. The van der Waals surface area contributed by atoms with Crippen LogP contribution < -0.4 is 0 Å². The van der Waals surface area contributed by atoms with Crippen molar-refractivity contribution in [3.63, 3.8) is 0 Å². The van der Waals surface area contributed by atoms with Gasteiger partial charge in [0, 0.05) is 12.5 Å². The van der Waals surface area contributed by atoms with Crippen molar-refractivity contribution in [2.75, 3.05) is 6.26 Å². The molecule has 0 spiro atoms. The van der Waals surface area contributed by atoms with Gasteiger partial charge in [-0.2, -0.15) is 0 Å². The molecule has 0 aromatic carbocycles. The smallest absolute Gasteiger partial charge is 0.153 e. The molecule has 0 fully saturated rings. The molecule has 11 heavy (non-hydrogen) atoms. The van der Waals surface area contributed by atoms with Crippen LogP contribution >= 0.6 is 0 Å². The Morgan fingerprint density at radius 2 is 2.18 bits per heavy atom. The van der Waals surface area contributed by atoms with Gasteiger partial charge in [0.2, 0.25) is 0 Å². The van der Waals surface area contributed by atoms with E-state index in [0.29, 0.717) is 5.69 Å². The summed E-state index contributed by atoms with van der Waals surface area (Å²) in [7, 11) is -2.94. The minimum absolute atomic E-state index is 0.0217. The van der Waals surface area contributed by atoms with Crippen LogP contribution in [0.15, 0.2) is 24.4 Å². The van der Waals surface area contributed by atoms with Gasteiger partial charge in [-0.15, -0.1) is 0 Å². The minimum Gasteiger partial charge on any atom is -0.260 e. The quantitative estimate of drug-likeness (QED) is 0.655. The van der Waals surface area contributed by atoms with E-state index in [1.165, 1.54) is 6.26 Å².